The molecule has 0 radical (unpaired) electrons. The Bertz CT molecular complexity index is 577. The molecule has 1 N–H and O–H groups in total. The van der Waals surface area contributed by atoms with Crippen LogP contribution in [0.5, 0.6) is 0 Å². The van der Waals surface area contributed by atoms with Crippen LogP contribution in [0.25, 0.3) is 10.8 Å². The Balaban J connectivity index is 2.54. The van der Waals surface area contributed by atoms with E-state index in [-0.39, 0.29) is 5.91 Å². The minimum atomic E-state index is 0.0196. The Kier molecular flexibility index (Phi) is 1.83. The summed E-state index contributed by atoms with van der Waals surface area (Å²) >= 11 is 3.51. The van der Waals surface area contributed by atoms with Gasteiger partial charge in [-0.15, -0.1) is 0 Å². The maximum atomic E-state index is 11.7. The standard InChI is InChI=1S/C12H8BrNO/c13-10-5-4-9-11-7(6-14-12(9)15)2-1-3-8(10)11/h1-5H,6H2,(H,14,15). The monoisotopic (exact) mass is 261 g/mol. The molecule has 74 valence electrons. The third-order valence-corrected chi connectivity index (χ3v) is 3.45. The number of rotatable bonds is 0. The molecule has 0 unspecified atom stereocenters. The van der Waals surface area contributed by atoms with Crippen LogP contribution in [0.15, 0.2) is 34.8 Å². The number of hydrogen-bond acceptors (Lipinski definition) is 1. The Morgan fingerprint density at radius 3 is 2.93 bits per heavy atom. The van der Waals surface area contributed by atoms with Gasteiger partial charge in [0.15, 0.2) is 0 Å². The summed E-state index contributed by atoms with van der Waals surface area (Å²) in [6, 6.07) is 9.89. The Morgan fingerprint density at radius 1 is 1.20 bits per heavy atom. The molecule has 2 aromatic carbocycles. The van der Waals surface area contributed by atoms with Crippen LogP contribution in [0, 0.1) is 0 Å². The van der Waals surface area contributed by atoms with E-state index >= 15 is 0 Å². The van der Waals surface area contributed by atoms with Crippen molar-refractivity contribution in [2.24, 2.45) is 0 Å². The summed E-state index contributed by atoms with van der Waals surface area (Å²) in [5.41, 5.74) is 1.96. The van der Waals surface area contributed by atoms with E-state index in [1.807, 2.05) is 24.3 Å². The summed E-state index contributed by atoms with van der Waals surface area (Å²) in [7, 11) is 0. The smallest absolute Gasteiger partial charge is 0.252 e. The van der Waals surface area contributed by atoms with Crippen molar-refractivity contribution in [2.75, 3.05) is 0 Å². The molecule has 0 fully saturated rings. The predicted molar refractivity (Wildman–Crippen MR) is 62.8 cm³/mol. The molecule has 2 aromatic rings. The van der Waals surface area contributed by atoms with Crippen molar-refractivity contribution >= 4 is 32.6 Å². The van der Waals surface area contributed by atoms with Crippen molar-refractivity contribution in [3.8, 4) is 0 Å². The molecule has 2 nitrogen and oxygen atoms in total. The molecule has 1 amide bonds. The van der Waals surface area contributed by atoms with Gasteiger partial charge in [0, 0.05) is 22.0 Å². The fourth-order valence-corrected chi connectivity index (χ4v) is 2.52. The van der Waals surface area contributed by atoms with Crippen molar-refractivity contribution < 1.29 is 4.79 Å². The van der Waals surface area contributed by atoms with Crippen LogP contribution in [0.3, 0.4) is 0 Å². The second kappa shape index (κ2) is 3.07. The zero-order chi connectivity index (χ0) is 10.4. The van der Waals surface area contributed by atoms with Gasteiger partial charge in [-0.05, 0) is 23.1 Å². The molecule has 1 heterocycles. The topological polar surface area (TPSA) is 29.1 Å². The molecule has 15 heavy (non-hydrogen) atoms. The lowest BCUT2D eigenvalue weighted by molar-refractivity contribution is 0.0949. The van der Waals surface area contributed by atoms with Crippen LogP contribution < -0.4 is 5.32 Å². The van der Waals surface area contributed by atoms with E-state index in [2.05, 4.69) is 27.3 Å². The fraction of sp³-hybridized carbons (Fsp3) is 0.0833. The number of halogens is 1. The van der Waals surface area contributed by atoms with E-state index in [1.165, 1.54) is 5.56 Å². The highest BCUT2D eigenvalue weighted by atomic mass is 79.9. The van der Waals surface area contributed by atoms with Crippen LogP contribution in [-0.4, -0.2) is 5.91 Å². The lowest BCUT2D eigenvalue weighted by Gasteiger charge is -2.18. The summed E-state index contributed by atoms with van der Waals surface area (Å²) in [5, 5.41) is 5.05. The van der Waals surface area contributed by atoms with Crippen LogP contribution in [0.1, 0.15) is 15.9 Å². The van der Waals surface area contributed by atoms with E-state index in [0.29, 0.717) is 6.54 Å². The fourth-order valence-electron chi connectivity index (χ4n) is 2.05. The summed E-state index contributed by atoms with van der Waals surface area (Å²) in [4.78, 5) is 11.7. The largest absolute Gasteiger partial charge is 0.348 e. The highest BCUT2D eigenvalue weighted by Gasteiger charge is 2.18. The third kappa shape index (κ3) is 1.20. The average molecular weight is 262 g/mol. The number of carbonyl (C=O) groups is 1. The molecule has 0 spiro atoms. The van der Waals surface area contributed by atoms with Gasteiger partial charge in [0.2, 0.25) is 0 Å². The minimum absolute atomic E-state index is 0.0196. The molecular weight excluding hydrogens is 254 g/mol. The van der Waals surface area contributed by atoms with E-state index < -0.39 is 0 Å². The van der Waals surface area contributed by atoms with E-state index in [1.54, 1.807) is 0 Å². The first-order chi connectivity index (χ1) is 7.27. The van der Waals surface area contributed by atoms with Crippen molar-refractivity contribution in [2.45, 2.75) is 6.54 Å². The van der Waals surface area contributed by atoms with Gasteiger partial charge >= 0.3 is 0 Å². The first kappa shape index (κ1) is 8.92. The molecule has 0 saturated heterocycles. The Morgan fingerprint density at radius 2 is 2.07 bits per heavy atom. The maximum absolute atomic E-state index is 11.7. The van der Waals surface area contributed by atoms with Crippen LogP contribution in [0.2, 0.25) is 0 Å². The molecular formula is C12H8BrNO. The SMILES string of the molecule is O=C1NCc2cccc3c(Br)ccc1c23. The van der Waals surface area contributed by atoms with Gasteiger partial charge in [0.05, 0.1) is 0 Å². The van der Waals surface area contributed by atoms with Gasteiger partial charge in [-0.25, -0.2) is 0 Å². The predicted octanol–water partition coefficient (Wildman–Crippen LogP) is 2.85. The summed E-state index contributed by atoms with van der Waals surface area (Å²) in [5.74, 6) is 0.0196. The van der Waals surface area contributed by atoms with Crippen molar-refractivity contribution in [3.63, 3.8) is 0 Å². The molecule has 0 bridgehead atoms. The minimum Gasteiger partial charge on any atom is -0.348 e. The van der Waals surface area contributed by atoms with E-state index in [0.717, 1.165) is 20.8 Å². The Hall–Kier alpha value is -1.35. The highest BCUT2D eigenvalue weighted by Crippen LogP contribution is 2.31. The van der Waals surface area contributed by atoms with E-state index in [9.17, 15) is 4.79 Å². The lowest BCUT2D eigenvalue weighted by atomic mass is 9.96. The molecule has 3 rings (SSSR count). The number of amides is 1. The summed E-state index contributed by atoms with van der Waals surface area (Å²) in [6.45, 7) is 0.625. The first-order valence-electron chi connectivity index (χ1n) is 4.75. The molecule has 0 atom stereocenters. The van der Waals surface area contributed by atoms with Gasteiger partial charge in [0.25, 0.3) is 5.91 Å². The highest BCUT2D eigenvalue weighted by molar-refractivity contribution is 9.10. The number of nitrogens with one attached hydrogen (secondary N) is 1. The van der Waals surface area contributed by atoms with E-state index in [4.69, 9.17) is 0 Å². The second-order valence-electron chi connectivity index (χ2n) is 3.62. The number of benzene rings is 2. The molecule has 3 heteroatoms. The second-order valence-corrected chi connectivity index (χ2v) is 4.47. The van der Waals surface area contributed by atoms with Crippen molar-refractivity contribution in [3.05, 3.63) is 45.9 Å². The van der Waals surface area contributed by atoms with Crippen LogP contribution >= 0.6 is 15.9 Å². The zero-order valence-corrected chi connectivity index (χ0v) is 9.47. The van der Waals surface area contributed by atoms with Gasteiger partial charge in [-0.2, -0.15) is 0 Å². The molecule has 1 aliphatic heterocycles. The maximum Gasteiger partial charge on any atom is 0.252 e. The van der Waals surface area contributed by atoms with Gasteiger partial charge in [0.1, 0.15) is 0 Å². The van der Waals surface area contributed by atoms with Gasteiger partial charge < -0.3 is 5.32 Å². The molecule has 1 aliphatic rings. The van der Waals surface area contributed by atoms with Gasteiger partial charge in [-0.3, -0.25) is 4.79 Å². The average Bonchev–Trinajstić information content (AvgIpc) is 2.26. The number of hydrogen-bond donors (Lipinski definition) is 1. The molecule has 0 saturated carbocycles. The first-order valence-corrected chi connectivity index (χ1v) is 5.55. The third-order valence-electron chi connectivity index (χ3n) is 2.76. The van der Waals surface area contributed by atoms with Gasteiger partial charge in [-0.1, -0.05) is 34.1 Å². The molecule has 0 aromatic heterocycles. The van der Waals surface area contributed by atoms with Crippen molar-refractivity contribution in [1.29, 1.82) is 0 Å². The van der Waals surface area contributed by atoms with Crippen LogP contribution in [-0.2, 0) is 6.54 Å². The summed E-state index contributed by atoms with van der Waals surface area (Å²) in [6.07, 6.45) is 0. The normalized spacial score (nSPS) is 14.1. The summed E-state index contributed by atoms with van der Waals surface area (Å²) < 4.78 is 1.04. The van der Waals surface area contributed by atoms with Crippen LogP contribution in [0.4, 0.5) is 0 Å². The Labute approximate surface area is 95.4 Å². The molecule has 0 aliphatic carbocycles. The van der Waals surface area contributed by atoms with Crippen molar-refractivity contribution in [1.82, 2.24) is 5.32 Å². The lowest BCUT2D eigenvalue weighted by Crippen LogP contribution is -2.27. The quantitative estimate of drug-likeness (QED) is 0.777. The zero-order valence-electron chi connectivity index (χ0n) is 7.88. The number of carbonyl (C=O) groups excluding carboxylic acids is 1.